The quantitative estimate of drug-likeness (QED) is 0.820. The molecule has 2 aromatic rings. The molecule has 4 heteroatoms. The van der Waals surface area contributed by atoms with Crippen molar-refractivity contribution >= 4 is 11.4 Å². The molecule has 0 atom stereocenters. The number of hydrogen-bond acceptors (Lipinski definition) is 4. The summed E-state index contributed by atoms with van der Waals surface area (Å²) in [7, 11) is 1.63. The maximum absolute atomic E-state index is 6.07. The zero-order valence-corrected chi connectivity index (χ0v) is 12.0. The van der Waals surface area contributed by atoms with E-state index in [9.17, 15) is 0 Å². The molecule has 0 bridgehead atoms. The Morgan fingerprint density at radius 3 is 2.65 bits per heavy atom. The van der Waals surface area contributed by atoms with Crippen molar-refractivity contribution in [2.24, 2.45) is 0 Å². The van der Waals surface area contributed by atoms with Crippen LogP contribution >= 0.6 is 0 Å². The van der Waals surface area contributed by atoms with Gasteiger partial charge in [0.15, 0.2) is 0 Å². The number of ether oxygens (including phenoxy) is 1. The predicted octanol–water partition coefficient (Wildman–Crippen LogP) is 3.09. The summed E-state index contributed by atoms with van der Waals surface area (Å²) >= 11 is 0. The summed E-state index contributed by atoms with van der Waals surface area (Å²) in [6.07, 6.45) is 1.05. The number of nitrogens with zero attached hydrogens (tertiary/aromatic N) is 2. The zero-order chi connectivity index (χ0) is 14.4. The molecule has 0 amide bonds. The van der Waals surface area contributed by atoms with E-state index in [1.165, 1.54) is 0 Å². The van der Waals surface area contributed by atoms with Gasteiger partial charge in [-0.3, -0.25) is 0 Å². The van der Waals surface area contributed by atoms with Gasteiger partial charge in [-0.05, 0) is 24.6 Å². The summed E-state index contributed by atoms with van der Waals surface area (Å²) in [5.41, 5.74) is 8.90. The molecule has 0 saturated heterocycles. The van der Waals surface area contributed by atoms with Gasteiger partial charge in [-0.25, -0.2) is 4.98 Å². The van der Waals surface area contributed by atoms with Crippen LogP contribution in [0.1, 0.15) is 19.0 Å². The third-order valence-corrected chi connectivity index (χ3v) is 3.11. The van der Waals surface area contributed by atoms with Crippen molar-refractivity contribution < 1.29 is 4.74 Å². The van der Waals surface area contributed by atoms with Gasteiger partial charge in [0.05, 0.1) is 30.7 Å². The first-order valence-electron chi connectivity index (χ1n) is 6.84. The van der Waals surface area contributed by atoms with E-state index in [1.807, 2.05) is 42.5 Å². The third-order valence-electron chi connectivity index (χ3n) is 3.11. The van der Waals surface area contributed by atoms with Gasteiger partial charge in [0, 0.05) is 12.6 Å². The van der Waals surface area contributed by atoms with Crippen molar-refractivity contribution in [1.29, 1.82) is 0 Å². The number of nitrogens with two attached hydrogens (primary N) is 1. The Hall–Kier alpha value is -2.23. The smallest absolute Gasteiger partial charge is 0.213 e. The van der Waals surface area contributed by atoms with Gasteiger partial charge in [0.25, 0.3) is 0 Å². The summed E-state index contributed by atoms with van der Waals surface area (Å²) in [5, 5.41) is 0. The molecule has 2 N–H and O–H groups in total. The number of para-hydroxylation sites is 2. The van der Waals surface area contributed by atoms with Crippen LogP contribution in [0.2, 0.25) is 0 Å². The number of rotatable bonds is 6. The lowest BCUT2D eigenvalue weighted by atomic mass is 10.2. The normalized spacial score (nSPS) is 10.3. The molecule has 1 heterocycles. The molecule has 0 aliphatic carbocycles. The Labute approximate surface area is 120 Å². The van der Waals surface area contributed by atoms with E-state index in [4.69, 9.17) is 10.5 Å². The Morgan fingerprint density at radius 2 is 1.95 bits per heavy atom. The van der Waals surface area contributed by atoms with Crippen LogP contribution in [0.25, 0.3) is 0 Å². The molecule has 0 aliphatic rings. The third kappa shape index (κ3) is 3.41. The van der Waals surface area contributed by atoms with Gasteiger partial charge in [-0.15, -0.1) is 0 Å². The molecule has 0 saturated carbocycles. The van der Waals surface area contributed by atoms with Crippen molar-refractivity contribution in [3.8, 4) is 5.88 Å². The summed E-state index contributed by atoms with van der Waals surface area (Å²) < 4.78 is 5.17. The molecule has 20 heavy (non-hydrogen) atoms. The second kappa shape index (κ2) is 6.80. The maximum Gasteiger partial charge on any atom is 0.213 e. The minimum absolute atomic E-state index is 0.639. The van der Waals surface area contributed by atoms with E-state index in [-0.39, 0.29) is 0 Å². The van der Waals surface area contributed by atoms with Crippen molar-refractivity contribution in [3.63, 3.8) is 0 Å². The molecule has 0 unspecified atom stereocenters. The second-order valence-electron chi connectivity index (χ2n) is 4.65. The van der Waals surface area contributed by atoms with Crippen molar-refractivity contribution in [2.75, 3.05) is 24.3 Å². The molecule has 0 fully saturated rings. The molecule has 1 aromatic carbocycles. The van der Waals surface area contributed by atoms with Crippen LogP contribution in [0.5, 0.6) is 5.88 Å². The Bertz CT molecular complexity index is 557. The van der Waals surface area contributed by atoms with E-state index >= 15 is 0 Å². The fourth-order valence-corrected chi connectivity index (χ4v) is 2.18. The average Bonchev–Trinajstić information content (AvgIpc) is 2.47. The highest BCUT2D eigenvalue weighted by Gasteiger charge is 2.10. The minimum Gasteiger partial charge on any atom is -0.481 e. The fraction of sp³-hybridized carbons (Fsp3) is 0.312. The first-order valence-corrected chi connectivity index (χ1v) is 6.84. The number of aromatic nitrogens is 1. The molecule has 1 aromatic heterocycles. The van der Waals surface area contributed by atoms with E-state index in [2.05, 4.69) is 16.8 Å². The molecule has 4 nitrogen and oxygen atoms in total. The number of nitrogen functional groups attached to an aromatic ring is 1. The first kappa shape index (κ1) is 14.2. The highest BCUT2D eigenvalue weighted by atomic mass is 16.5. The lowest BCUT2D eigenvalue weighted by molar-refractivity contribution is 0.396. The SMILES string of the molecule is CCCN(Cc1cccc(OC)n1)c1ccccc1N. The highest BCUT2D eigenvalue weighted by Crippen LogP contribution is 2.24. The Morgan fingerprint density at radius 1 is 1.15 bits per heavy atom. The second-order valence-corrected chi connectivity index (χ2v) is 4.65. The molecular weight excluding hydrogens is 250 g/mol. The standard InChI is InChI=1S/C16H21N3O/c1-3-11-19(15-9-5-4-8-14(15)17)12-13-7-6-10-16(18-13)20-2/h4-10H,3,11-12,17H2,1-2H3. The van der Waals surface area contributed by atoms with E-state index in [0.717, 1.165) is 36.6 Å². The Kier molecular flexibility index (Phi) is 4.82. The van der Waals surface area contributed by atoms with Gasteiger partial charge in [0.1, 0.15) is 0 Å². The minimum atomic E-state index is 0.639. The van der Waals surface area contributed by atoms with E-state index < -0.39 is 0 Å². The van der Waals surface area contributed by atoms with Crippen LogP contribution in [0.4, 0.5) is 11.4 Å². The van der Waals surface area contributed by atoms with Gasteiger partial charge >= 0.3 is 0 Å². The van der Waals surface area contributed by atoms with Crippen LogP contribution in [-0.4, -0.2) is 18.6 Å². The average molecular weight is 271 g/mol. The van der Waals surface area contributed by atoms with Crippen LogP contribution < -0.4 is 15.4 Å². The number of pyridine rings is 1. The molecule has 0 aliphatic heterocycles. The number of methoxy groups -OCH3 is 1. The molecule has 106 valence electrons. The van der Waals surface area contributed by atoms with Gasteiger partial charge < -0.3 is 15.4 Å². The molecule has 0 spiro atoms. The molecule has 2 rings (SSSR count). The summed E-state index contributed by atoms with van der Waals surface area (Å²) in [4.78, 5) is 6.71. The number of benzene rings is 1. The van der Waals surface area contributed by atoms with Crippen LogP contribution in [0, 0.1) is 0 Å². The number of anilines is 2. The molecule has 0 radical (unpaired) electrons. The van der Waals surface area contributed by atoms with E-state index in [0.29, 0.717) is 5.88 Å². The van der Waals surface area contributed by atoms with Gasteiger partial charge in [0.2, 0.25) is 5.88 Å². The molecular formula is C16H21N3O. The fourth-order valence-electron chi connectivity index (χ4n) is 2.18. The largest absolute Gasteiger partial charge is 0.481 e. The predicted molar refractivity (Wildman–Crippen MR) is 83.0 cm³/mol. The number of hydrogen-bond donors (Lipinski definition) is 1. The zero-order valence-electron chi connectivity index (χ0n) is 12.0. The summed E-state index contributed by atoms with van der Waals surface area (Å²) in [5.74, 6) is 0.639. The first-order chi connectivity index (χ1) is 9.74. The van der Waals surface area contributed by atoms with Crippen molar-refractivity contribution in [1.82, 2.24) is 4.98 Å². The highest BCUT2D eigenvalue weighted by molar-refractivity contribution is 5.67. The summed E-state index contributed by atoms with van der Waals surface area (Å²) in [6.45, 7) is 3.82. The maximum atomic E-state index is 6.07. The van der Waals surface area contributed by atoms with E-state index in [1.54, 1.807) is 7.11 Å². The topological polar surface area (TPSA) is 51.4 Å². The van der Waals surface area contributed by atoms with Crippen LogP contribution in [-0.2, 0) is 6.54 Å². The lowest BCUT2D eigenvalue weighted by Gasteiger charge is -2.25. The summed E-state index contributed by atoms with van der Waals surface area (Å²) in [6, 6.07) is 13.7. The van der Waals surface area contributed by atoms with Crippen LogP contribution in [0.3, 0.4) is 0 Å². The van der Waals surface area contributed by atoms with Gasteiger partial charge in [-0.1, -0.05) is 25.1 Å². The monoisotopic (exact) mass is 271 g/mol. The van der Waals surface area contributed by atoms with Crippen LogP contribution in [0.15, 0.2) is 42.5 Å². The van der Waals surface area contributed by atoms with Crippen molar-refractivity contribution in [3.05, 3.63) is 48.2 Å². The van der Waals surface area contributed by atoms with Gasteiger partial charge in [-0.2, -0.15) is 0 Å². The van der Waals surface area contributed by atoms with Crippen molar-refractivity contribution in [2.45, 2.75) is 19.9 Å². The lowest BCUT2D eigenvalue weighted by Crippen LogP contribution is -2.25. The Balaban J connectivity index is 2.23.